The second-order valence-electron chi connectivity index (χ2n) is 4.50. The molecule has 3 rings (SSSR count). The number of hydrogen-bond donors (Lipinski definition) is 1. The zero-order valence-electron chi connectivity index (χ0n) is 11.0. The zero-order valence-corrected chi connectivity index (χ0v) is 11.8. The third-order valence-corrected chi connectivity index (χ3v) is 3.03. The van der Waals surface area contributed by atoms with Crippen LogP contribution < -0.4 is 10.1 Å². The molecule has 0 bridgehead atoms. The second-order valence-corrected chi connectivity index (χ2v) is 4.94. The molecule has 0 radical (unpaired) electrons. The van der Waals surface area contributed by atoms with Crippen LogP contribution in [0.2, 0.25) is 0 Å². The lowest BCUT2D eigenvalue weighted by Crippen LogP contribution is -2.15. The fraction of sp³-hybridized carbons (Fsp3) is 0.0667. The van der Waals surface area contributed by atoms with E-state index in [0.29, 0.717) is 16.9 Å². The van der Waals surface area contributed by atoms with E-state index < -0.39 is 5.57 Å². The molecule has 2 aromatic rings. The number of nitrogens with one attached hydrogen (secondary N) is 1. The summed E-state index contributed by atoms with van der Waals surface area (Å²) in [7, 11) is 0. The van der Waals surface area contributed by atoms with E-state index in [-0.39, 0.29) is 17.4 Å². The SMILES string of the molecule is O=C1Nc2ccccc2C1=Nc1ccc(OC(F)(F)Cl)cc1. The Hall–Kier alpha value is -2.47. The average Bonchev–Trinajstić information content (AvgIpc) is 2.76. The Bertz CT molecular complexity index is 755. The first-order valence-corrected chi connectivity index (χ1v) is 6.65. The van der Waals surface area contributed by atoms with Crippen molar-refractivity contribution < 1.29 is 18.3 Å². The summed E-state index contributed by atoms with van der Waals surface area (Å²) in [5.41, 5.74) is -1.68. The molecule has 4 nitrogen and oxygen atoms in total. The highest BCUT2D eigenvalue weighted by Crippen LogP contribution is 2.28. The fourth-order valence-corrected chi connectivity index (χ4v) is 2.15. The largest absolute Gasteiger partial charge is 0.487 e. The van der Waals surface area contributed by atoms with Gasteiger partial charge in [-0.15, -0.1) is 8.78 Å². The molecule has 1 N–H and O–H groups in total. The maximum atomic E-state index is 12.5. The molecule has 1 amide bonds. The van der Waals surface area contributed by atoms with Crippen LogP contribution in [0.15, 0.2) is 53.5 Å². The standard InChI is InChI=1S/C15H9ClF2N2O2/c16-15(17,18)22-10-7-5-9(6-8-10)19-13-11-3-1-2-4-12(11)20-14(13)21/h1-8H,(H,19,20,21). The number of hydrogen-bond acceptors (Lipinski definition) is 3. The second kappa shape index (κ2) is 5.38. The first kappa shape index (κ1) is 14.5. The summed E-state index contributed by atoms with van der Waals surface area (Å²) >= 11 is 4.68. The van der Waals surface area contributed by atoms with Gasteiger partial charge in [0.15, 0.2) is 0 Å². The summed E-state index contributed by atoms with van der Waals surface area (Å²) in [6.07, 6.45) is 0. The van der Waals surface area contributed by atoms with Crippen LogP contribution in [0.25, 0.3) is 0 Å². The van der Waals surface area contributed by atoms with E-state index in [4.69, 9.17) is 0 Å². The lowest BCUT2D eigenvalue weighted by molar-refractivity contribution is -0.110. The Labute approximate surface area is 129 Å². The summed E-state index contributed by atoms with van der Waals surface area (Å²) in [4.78, 5) is 16.2. The monoisotopic (exact) mass is 322 g/mol. The Kier molecular flexibility index (Phi) is 3.54. The van der Waals surface area contributed by atoms with Gasteiger partial charge in [-0.3, -0.25) is 4.79 Å². The number of alkyl halides is 3. The number of carbonyl (C=O) groups is 1. The van der Waals surface area contributed by atoms with Gasteiger partial charge >= 0.3 is 5.57 Å². The van der Waals surface area contributed by atoms with Gasteiger partial charge < -0.3 is 10.1 Å². The van der Waals surface area contributed by atoms with Gasteiger partial charge in [0.2, 0.25) is 0 Å². The first-order valence-electron chi connectivity index (χ1n) is 6.28. The van der Waals surface area contributed by atoms with Crippen molar-refractivity contribution >= 4 is 34.6 Å². The van der Waals surface area contributed by atoms with Crippen LogP contribution in [0.3, 0.4) is 0 Å². The van der Waals surface area contributed by atoms with E-state index in [0.717, 1.165) is 0 Å². The molecule has 112 valence electrons. The minimum Gasteiger partial charge on any atom is -0.420 e. The van der Waals surface area contributed by atoms with Crippen molar-refractivity contribution in [2.75, 3.05) is 5.32 Å². The number of para-hydroxylation sites is 1. The smallest absolute Gasteiger partial charge is 0.420 e. The van der Waals surface area contributed by atoms with Gasteiger partial charge in [0, 0.05) is 17.2 Å². The fourth-order valence-electron chi connectivity index (χ4n) is 2.06. The summed E-state index contributed by atoms with van der Waals surface area (Å²) in [5.74, 6) is -0.408. The predicted octanol–water partition coefficient (Wildman–Crippen LogP) is 3.93. The van der Waals surface area contributed by atoms with Crippen LogP contribution in [0.1, 0.15) is 5.56 Å². The Morgan fingerprint density at radius 3 is 2.45 bits per heavy atom. The maximum Gasteiger partial charge on any atom is 0.487 e. The van der Waals surface area contributed by atoms with Crippen LogP contribution in [-0.2, 0) is 4.79 Å². The molecule has 0 saturated carbocycles. The summed E-state index contributed by atoms with van der Waals surface area (Å²) < 4.78 is 29.2. The molecule has 0 aromatic heterocycles. The molecule has 0 atom stereocenters. The third-order valence-electron chi connectivity index (χ3n) is 2.96. The van der Waals surface area contributed by atoms with Crippen LogP contribution in [-0.4, -0.2) is 17.2 Å². The minimum absolute atomic E-state index is 0.0970. The molecule has 0 unspecified atom stereocenters. The van der Waals surface area contributed by atoms with Crippen LogP contribution in [0.5, 0.6) is 5.75 Å². The molecule has 1 aliphatic heterocycles. The molecular weight excluding hydrogens is 314 g/mol. The van der Waals surface area contributed by atoms with Gasteiger partial charge in [-0.25, -0.2) is 4.99 Å². The van der Waals surface area contributed by atoms with Crippen molar-refractivity contribution in [1.29, 1.82) is 0 Å². The predicted molar refractivity (Wildman–Crippen MR) is 79.1 cm³/mol. The van der Waals surface area contributed by atoms with E-state index in [1.807, 2.05) is 0 Å². The zero-order chi connectivity index (χ0) is 15.7. The van der Waals surface area contributed by atoms with Crippen LogP contribution >= 0.6 is 11.6 Å². The summed E-state index contributed by atoms with van der Waals surface area (Å²) in [5, 5.41) is 2.70. The maximum absolute atomic E-state index is 12.5. The number of ether oxygens (including phenoxy) is 1. The van der Waals surface area contributed by atoms with Gasteiger partial charge in [0.05, 0.1) is 11.4 Å². The number of benzene rings is 2. The number of aliphatic imine (C=N–C) groups is 1. The normalized spacial score (nSPS) is 15.6. The van der Waals surface area contributed by atoms with Gasteiger partial charge in [-0.1, -0.05) is 18.2 Å². The quantitative estimate of drug-likeness (QED) is 0.871. The van der Waals surface area contributed by atoms with Crippen molar-refractivity contribution in [3.8, 4) is 5.75 Å². The molecule has 1 heterocycles. The Balaban J connectivity index is 1.88. The third kappa shape index (κ3) is 3.07. The molecule has 1 aliphatic rings. The Morgan fingerprint density at radius 1 is 1.09 bits per heavy atom. The minimum atomic E-state index is -3.77. The highest BCUT2D eigenvalue weighted by molar-refractivity contribution is 6.54. The van der Waals surface area contributed by atoms with Crippen molar-refractivity contribution in [1.82, 2.24) is 0 Å². The lowest BCUT2D eigenvalue weighted by Gasteiger charge is -2.10. The number of rotatable bonds is 3. The summed E-state index contributed by atoms with van der Waals surface area (Å²) in [6.45, 7) is 0. The van der Waals surface area contributed by atoms with Crippen LogP contribution in [0, 0.1) is 0 Å². The molecule has 0 saturated heterocycles. The van der Waals surface area contributed by atoms with Gasteiger partial charge in [0.1, 0.15) is 11.5 Å². The number of fused-ring (bicyclic) bond motifs is 1. The molecular formula is C15H9ClF2N2O2. The Morgan fingerprint density at radius 2 is 1.77 bits per heavy atom. The van der Waals surface area contributed by atoms with Crippen LogP contribution in [0.4, 0.5) is 20.2 Å². The lowest BCUT2D eigenvalue weighted by atomic mass is 10.1. The van der Waals surface area contributed by atoms with E-state index >= 15 is 0 Å². The molecule has 0 spiro atoms. The number of amides is 1. The molecule has 2 aromatic carbocycles. The van der Waals surface area contributed by atoms with Crippen molar-refractivity contribution in [3.05, 3.63) is 54.1 Å². The van der Waals surface area contributed by atoms with E-state index in [1.54, 1.807) is 24.3 Å². The van der Waals surface area contributed by atoms with Crippen molar-refractivity contribution in [3.63, 3.8) is 0 Å². The highest BCUT2D eigenvalue weighted by Gasteiger charge is 2.28. The molecule has 7 heteroatoms. The molecule has 0 aliphatic carbocycles. The average molecular weight is 323 g/mol. The van der Waals surface area contributed by atoms with Crippen molar-refractivity contribution in [2.45, 2.75) is 5.57 Å². The number of carbonyl (C=O) groups excluding carboxylic acids is 1. The van der Waals surface area contributed by atoms with E-state index in [1.165, 1.54) is 24.3 Å². The van der Waals surface area contributed by atoms with Crippen molar-refractivity contribution in [2.24, 2.45) is 4.99 Å². The van der Waals surface area contributed by atoms with Gasteiger partial charge in [-0.05, 0) is 30.3 Å². The molecule has 22 heavy (non-hydrogen) atoms. The summed E-state index contributed by atoms with van der Waals surface area (Å²) in [6, 6.07) is 12.7. The van der Waals surface area contributed by atoms with Gasteiger partial charge in [0.25, 0.3) is 5.91 Å². The molecule has 0 fully saturated rings. The first-order chi connectivity index (χ1) is 10.4. The van der Waals surface area contributed by atoms with E-state index in [9.17, 15) is 13.6 Å². The topological polar surface area (TPSA) is 50.7 Å². The highest BCUT2D eigenvalue weighted by atomic mass is 35.5. The number of anilines is 1. The number of halogens is 3. The number of nitrogens with zero attached hydrogens (tertiary/aromatic N) is 1. The van der Waals surface area contributed by atoms with E-state index in [2.05, 4.69) is 26.6 Å². The van der Waals surface area contributed by atoms with Gasteiger partial charge in [-0.2, -0.15) is 0 Å².